The zero-order chi connectivity index (χ0) is 12.3. The standard InChI is InChI=1S/C11H11N3O2S/c1-8(11-6-12-7-17-11)13-9-3-2-4-10(5-9)14(15)16/h2-8,13H,1H3. The molecule has 0 aliphatic rings. The SMILES string of the molecule is CC(Nc1cccc([N+](=O)[O-])c1)c1cncs1. The normalized spacial score (nSPS) is 12.1. The van der Waals surface area contributed by atoms with Crippen molar-refractivity contribution in [1.29, 1.82) is 0 Å². The van der Waals surface area contributed by atoms with Crippen LogP contribution in [-0.4, -0.2) is 9.91 Å². The third kappa shape index (κ3) is 2.79. The molecule has 0 radical (unpaired) electrons. The molecule has 1 N–H and O–H groups in total. The van der Waals surface area contributed by atoms with Gasteiger partial charge in [-0.15, -0.1) is 11.3 Å². The predicted octanol–water partition coefficient (Wildman–Crippen LogP) is 3.22. The molecule has 0 fully saturated rings. The first-order valence-electron chi connectivity index (χ1n) is 5.06. The lowest BCUT2D eigenvalue weighted by Gasteiger charge is -2.12. The minimum Gasteiger partial charge on any atom is -0.377 e. The van der Waals surface area contributed by atoms with Gasteiger partial charge < -0.3 is 5.32 Å². The van der Waals surface area contributed by atoms with Crippen LogP contribution in [0.2, 0.25) is 0 Å². The van der Waals surface area contributed by atoms with E-state index in [1.165, 1.54) is 12.1 Å². The van der Waals surface area contributed by atoms with Gasteiger partial charge in [0.1, 0.15) is 0 Å². The summed E-state index contributed by atoms with van der Waals surface area (Å²) in [5, 5.41) is 13.8. The van der Waals surface area contributed by atoms with Crippen LogP contribution in [0.25, 0.3) is 0 Å². The molecular weight excluding hydrogens is 238 g/mol. The number of nitro benzene ring substituents is 1. The van der Waals surface area contributed by atoms with E-state index in [1.54, 1.807) is 29.1 Å². The molecule has 1 aromatic heterocycles. The zero-order valence-electron chi connectivity index (χ0n) is 9.16. The molecule has 0 bridgehead atoms. The molecule has 1 aromatic carbocycles. The Kier molecular flexibility index (Phi) is 3.34. The van der Waals surface area contributed by atoms with E-state index in [0.717, 1.165) is 10.6 Å². The average molecular weight is 249 g/mol. The molecule has 1 heterocycles. The molecule has 5 nitrogen and oxygen atoms in total. The maximum absolute atomic E-state index is 10.6. The fourth-order valence-corrected chi connectivity index (χ4v) is 2.10. The molecule has 1 atom stereocenters. The van der Waals surface area contributed by atoms with Gasteiger partial charge in [0.2, 0.25) is 0 Å². The lowest BCUT2D eigenvalue weighted by Crippen LogP contribution is -2.04. The molecule has 1 unspecified atom stereocenters. The summed E-state index contributed by atoms with van der Waals surface area (Å²) in [7, 11) is 0. The Balaban J connectivity index is 2.13. The first-order valence-corrected chi connectivity index (χ1v) is 5.94. The monoisotopic (exact) mass is 249 g/mol. The maximum atomic E-state index is 10.6. The van der Waals surface area contributed by atoms with Crippen LogP contribution in [-0.2, 0) is 0 Å². The Morgan fingerprint density at radius 2 is 2.35 bits per heavy atom. The Morgan fingerprint density at radius 1 is 1.53 bits per heavy atom. The lowest BCUT2D eigenvalue weighted by atomic mass is 10.2. The summed E-state index contributed by atoms with van der Waals surface area (Å²) in [4.78, 5) is 15.3. The van der Waals surface area contributed by atoms with E-state index in [9.17, 15) is 10.1 Å². The van der Waals surface area contributed by atoms with Gasteiger partial charge in [0.25, 0.3) is 5.69 Å². The number of benzene rings is 1. The molecular formula is C11H11N3O2S. The number of nitro groups is 1. The number of aromatic nitrogens is 1. The van der Waals surface area contributed by atoms with E-state index in [0.29, 0.717) is 0 Å². The minimum atomic E-state index is -0.400. The smallest absolute Gasteiger partial charge is 0.271 e. The van der Waals surface area contributed by atoms with Crippen molar-refractivity contribution in [1.82, 2.24) is 4.98 Å². The number of hydrogen-bond donors (Lipinski definition) is 1. The van der Waals surface area contributed by atoms with Gasteiger partial charge >= 0.3 is 0 Å². The number of anilines is 1. The number of thiazole rings is 1. The van der Waals surface area contributed by atoms with Gasteiger partial charge in [-0.3, -0.25) is 15.1 Å². The highest BCUT2D eigenvalue weighted by Gasteiger charge is 2.09. The van der Waals surface area contributed by atoms with Crippen molar-refractivity contribution in [3.05, 3.63) is 51.0 Å². The topological polar surface area (TPSA) is 68.1 Å². The molecule has 2 rings (SSSR count). The molecule has 0 spiro atoms. The molecule has 17 heavy (non-hydrogen) atoms. The summed E-state index contributed by atoms with van der Waals surface area (Å²) in [6, 6.07) is 6.56. The van der Waals surface area contributed by atoms with E-state index in [-0.39, 0.29) is 11.7 Å². The van der Waals surface area contributed by atoms with Gasteiger partial charge in [-0.1, -0.05) is 6.07 Å². The van der Waals surface area contributed by atoms with Crippen LogP contribution in [0.1, 0.15) is 17.8 Å². The van der Waals surface area contributed by atoms with Crippen LogP contribution < -0.4 is 5.32 Å². The second kappa shape index (κ2) is 4.92. The molecule has 0 aliphatic carbocycles. The molecule has 0 saturated heterocycles. The molecule has 0 aliphatic heterocycles. The summed E-state index contributed by atoms with van der Waals surface area (Å²) in [6.45, 7) is 1.99. The Bertz CT molecular complexity index is 513. The number of nitrogens with one attached hydrogen (secondary N) is 1. The van der Waals surface area contributed by atoms with Gasteiger partial charge in [0.05, 0.1) is 16.5 Å². The van der Waals surface area contributed by atoms with Crippen molar-refractivity contribution < 1.29 is 4.92 Å². The van der Waals surface area contributed by atoms with Gasteiger partial charge in [-0.2, -0.15) is 0 Å². The molecule has 6 heteroatoms. The summed E-state index contributed by atoms with van der Waals surface area (Å²) < 4.78 is 0. The Hall–Kier alpha value is -1.95. The highest BCUT2D eigenvalue weighted by molar-refractivity contribution is 7.09. The van der Waals surface area contributed by atoms with E-state index in [2.05, 4.69) is 10.3 Å². The van der Waals surface area contributed by atoms with Crippen LogP contribution in [0.3, 0.4) is 0 Å². The van der Waals surface area contributed by atoms with Gasteiger partial charge in [-0.25, -0.2) is 0 Å². The van der Waals surface area contributed by atoms with Gasteiger partial charge in [0, 0.05) is 28.9 Å². The Morgan fingerprint density at radius 3 is 3.00 bits per heavy atom. The van der Waals surface area contributed by atoms with Crippen LogP contribution in [0.5, 0.6) is 0 Å². The lowest BCUT2D eigenvalue weighted by molar-refractivity contribution is -0.384. The zero-order valence-corrected chi connectivity index (χ0v) is 9.98. The Labute approximate surface area is 102 Å². The second-order valence-electron chi connectivity index (χ2n) is 3.58. The van der Waals surface area contributed by atoms with Crippen LogP contribution in [0.15, 0.2) is 36.0 Å². The third-order valence-electron chi connectivity index (χ3n) is 2.32. The maximum Gasteiger partial charge on any atom is 0.271 e. The summed E-state index contributed by atoms with van der Waals surface area (Å²) >= 11 is 1.55. The molecule has 0 amide bonds. The fourth-order valence-electron chi connectivity index (χ4n) is 1.47. The highest BCUT2D eigenvalue weighted by Crippen LogP contribution is 2.24. The fraction of sp³-hybridized carbons (Fsp3) is 0.182. The summed E-state index contributed by atoms with van der Waals surface area (Å²) in [5.74, 6) is 0. The van der Waals surface area contributed by atoms with Gasteiger partial charge in [-0.05, 0) is 13.0 Å². The molecule has 0 saturated carbocycles. The van der Waals surface area contributed by atoms with Crippen LogP contribution >= 0.6 is 11.3 Å². The second-order valence-corrected chi connectivity index (χ2v) is 4.50. The minimum absolute atomic E-state index is 0.0875. The summed E-state index contributed by atoms with van der Waals surface area (Å²) in [5.41, 5.74) is 2.59. The number of nitrogens with zero attached hydrogens (tertiary/aromatic N) is 2. The van der Waals surface area contributed by atoms with Gasteiger partial charge in [0.15, 0.2) is 0 Å². The highest BCUT2D eigenvalue weighted by atomic mass is 32.1. The van der Waals surface area contributed by atoms with Crippen molar-refractivity contribution in [2.45, 2.75) is 13.0 Å². The van der Waals surface area contributed by atoms with E-state index in [1.807, 2.05) is 13.0 Å². The third-order valence-corrected chi connectivity index (χ3v) is 3.28. The van der Waals surface area contributed by atoms with E-state index < -0.39 is 4.92 Å². The first-order chi connectivity index (χ1) is 8.16. The number of rotatable bonds is 4. The average Bonchev–Trinajstić information content (AvgIpc) is 2.82. The van der Waals surface area contributed by atoms with Crippen molar-refractivity contribution >= 4 is 22.7 Å². The van der Waals surface area contributed by atoms with Crippen LogP contribution in [0, 0.1) is 10.1 Å². The van der Waals surface area contributed by atoms with E-state index in [4.69, 9.17) is 0 Å². The molecule has 2 aromatic rings. The van der Waals surface area contributed by atoms with Crippen molar-refractivity contribution in [3.8, 4) is 0 Å². The summed E-state index contributed by atoms with van der Waals surface area (Å²) in [6.07, 6.45) is 1.79. The van der Waals surface area contributed by atoms with Crippen LogP contribution in [0.4, 0.5) is 11.4 Å². The largest absolute Gasteiger partial charge is 0.377 e. The quantitative estimate of drug-likeness (QED) is 0.667. The number of non-ortho nitro benzene ring substituents is 1. The molecule has 88 valence electrons. The van der Waals surface area contributed by atoms with Crippen molar-refractivity contribution in [2.75, 3.05) is 5.32 Å². The van der Waals surface area contributed by atoms with Crippen molar-refractivity contribution in [3.63, 3.8) is 0 Å². The predicted molar refractivity (Wildman–Crippen MR) is 67.2 cm³/mol. The van der Waals surface area contributed by atoms with E-state index >= 15 is 0 Å². The van der Waals surface area contributed by atoms with Crippen molar-refractivity contribution in [2.24, 2.45) is 0 Å². The first kappa shape index (κ1) is 11.5. The number of hydrogen-bond acceptors (Lipinski definition) is 5.